The summed E-state index contributed by atoms with van der Waals surface area (Å²) in [5.41, 5.74) is 2.03. The number of nitrogens with one attached hydrogen (secondary N) is 2. The van der Waals surface area contributed by atoms with E-state index >= 15 is 0 Å². The first-order valence-corrected chi connectivity index (χ1v) is 14.9. The van der Waals surface area contributed by atoms with Crippen molar-refractivity contribution < 1.29 is 32.0 Å². The largest absolute Gasteiger partial charge is 0.450 e. The number of hydrogen-bond donors (Lipinski definition) is 2. The monoisotopic (exact) mass is 606 g/mol. The summed E-state index contributed by atoms with van der Waals surface area (Å²) in [6, 6.07) is 16.1. The zero-order valence-electron chi connectivity index (χ0n) is 22.9. The van der Waals surface area contributed by atoms with Crippen LogP contribution in [0.2, 0.25) is 0 Å². The Labute approximate surface area is 244 Å². The average Bonchev–Trinajstić information content (AvgIpc) is 3.56. The van der Waals surface area contributed by atoms with E-state index in [2.05, 4.69) is 27.7 Å². The number of halogens is 3. The van der Waals surface area contributed by atoms with Crippen molar-refractivity contribution in [1.82, 2.24) is 20.1 Å². The molecule has 1 aliphatic rings. The molecule has 3 aromatic rings. The van der Waals surface area contributed by atoms with E-state index in [1.165, 1.54) is 5.56 Å². The lowest BCUT2D eigenvalue weighted by Crippen LogP contribution is -2.49. The van der Waals surface area contributed by atoms with Crippen LogP contribution in [-0.4, -0.2) is 77.0 Å². The highest BCUT2D eigenvalue weighted by molar-refractivity contribution is 7.99. The predicted molar refractivity (Wildman–Crippen MR) is 153 cm³/mol. The van der Waals surface area contributed by atoms with Crippen LogP contribution in [0.3, 0.4) is 0 Å². The number of rotatable bonds is 14. The zero-order chi connectivity index (χ0) is 30.1. The Bertz CT molecular complexity index is 1430. The first-order valence-electron chi connectivity index (χ1n) is 13.7. The number of carbonyl (C=O) groups is 3. The lowest BCUT2D eigenvalue weighted by atomic mass is 9.99. The number of amides is 2. The molecule has 226 valence electrons. The van der Waals surface area contributed by atoms with Crippen molar-refractivity contribution in [1.29, 1.82) is 0 Å². The fourth-order valence-electron chi connectivity index (χ4n) is 4.96. The smallest absolute Gasteiger partial charge is 0.408 e. The maximum atomic E-state index is 13.1. The fraction of sp³-hybridized carbons (Fsp3) is 0.448. The van der Waals surface area contributed by atoms with Gasteiger partial charge in [0.05, 0.1) is 17.3 Å². The molecule has 2 amide bonds. The molecule has 4 rings (SSSR count). The Balaban J connectivity index is 1.30. The number of thioether (sulfide) groups is 1. The molecule has 1 unspecified atom stereocenters. The van der Waals surface area contributed by atoms with Crippen LogP contribution in [-0.2, 0) is 20.9 Å². The quantitative estimate of drug-likeness (QED) is 0.269. The third-order valence-corrected chi connectivity index (χ3v) is 8.19. The molecule has 0 radical (unpaired) electrons. The lowest BCUT2D eigenvalue weighted by Gasteiger charge is -2.21. The second kappa shape index (κ2) is 14.7. The number of benzene rings is 2. The fourth-order valence-corrected chi connectivity index (χ4v) is 5.83. The summed E-state index contributed by atoms with van der Waals surface area (Å²) in [5, 5.41) is 5.51. The summed E-state index contributed by atoms with van der Waals surface area (Å²) in [6.45, 7) is 2.51. The molecule has 0 bridgehead atoms. The Morgan fingerprint density at radius 2 is 1.81 bits per heavy atom. The van der Waals surface area contributed by atoms with Crippen molar-refractivity contribution in [2.45, 2.75) is 43.9 Å². The molecule has 9 nitrogen and oxygen atoms in total. The van der Waals surface area contributed by atoms with E-state index in [9.17, 15) is 32.3 Å². The molecule has 2 heterocycles. The summed E-state index contributed by atoms with van der Waals surface area (Å²) in [7, 11) is 0. The summed E-state index contributed by atoms with van der Waals surface area (Å²) >= 11 is 0.851. The summed E-state index contributed by atoms with van der Waals surface area (Å²) < 4.78 is 43.6. The molecule has 1 saturated heterocycles. The third kappa shape index (κ3) is 8.79. The van der Waals surface area contributed by atoms with Crippen LogP contribution in [0.4, 0.5) is 13.2 Å². The first-order chi connectivity index (χ1) is 20.1. The van der Waals surface area contributed by atoms with Gasteiger partial charge in [-0.05, 0) is 55.2 Å². The van der Waals surface area contributed by atoms with Gasteiger partial charge in [-0.3, -0.25) is 24.3 Å². The van der Waals surface area contributed by atoms with Crippen LogP contribution in [0.1, 0.15) is 30.7 Å². The molecule has 1 aromatic heterocycles. The number of alkyl halides is 3. The van der Waals surface area contributed by atoms with Gasteiger partial charge in [0.1, 0.15) is 6.54 Å². The van der Waals surface area contributed by atoms with Gasteiger partial charge in [-0.25, -0.2) is 4.79 Å². The molecule has 0 saturated carbocycles. The number of hydrogen-bond acceptors (Lipinski definition) is 8. The number of fused-ring (bicyclic) bond motifs is 1. The third-order valence-electron chi connectivity index (χ3n) is 7.15. The molecule has 13 heteroatoms. The summed E-state index contributed by atoms with van der Waals surface area (Å²) in [6.07, 6.45) is -3.25. The van der Waals surface area contributed by atoms with E-state index in [-0.39, 0.29) is 12.2 Å². The molecule has 42 heavy (non-hydrogen) atoms. The SMILES string of the molecule is O=C(Cn1c(=O)oc2ccccc21)NC(=O)[C@H](CCCSCC(=O)C(F)(F)F)NCCN1CCC(c2ccccc2)C1. The van der Waals surface area contributed by atoms with E-state index in [1.54, 1.807) is 24.3 Å². The van der Waals surface area contributed by atoms with E-state index in [0.29, 0.717) is 36.5 Å². The molecule has 2 atom stereocenters. The molecular weight excluding hydrogens is 573 g/mol. The van der Waals surface area contributed by atoms with E-state index in [4.69, 9.17) is 4.42 Å². The second-order valence-electron chi connectivity index (χ2n) is 10.2. The number of likely N-dealkylation sites (tertiary alicyclic amines) is 1. The van der Waals surface area contributed by atoms with Gasteiger partial charge in [0.2, 0.25) is 17.6 Å². The van der Waals surface area contributed by atoms with Crippen molar-refractivity contribution >= 4 is 40.5 Å². The molecular formula is C29H33F3N4O5S. The Morgan fingerprint density at radius 1 is 1.07 bits per heavy atom. The molecule has 1 aliphatic heterocycles. The van der Waals surface area contributed by atoms with Gasteiger partial charge in [0.25, 0.3) is 0 Å². The van der Waals surface area contributed by atoms with Crippen molar-refractivity contribution in [3.8, 4) is 0 Å². The minimum atomic E-state index is -4.87. The maximum absolute atomic E-state index is 13.1. The van der Waals surface area contributed by atoms with Crippen LogP contribution in [0.15, 0.2) is 63.8 Å². The van der Waals surface area contributed by atoms with Crippen molar-refractivity contribution in [3.63, 3.8) is 0 Å². The van der Waals surface area contributed by atoms with Gasteiger partial charge in [0, 0.05) is 19.6 Å². The number of oxazole rings is 1. The topological polar surface area (TPSA) is 114 Å². The first kappa shape index (κ1) is 31.5. The van der Waals surface area contributed by atoms with E-state index in [1.807, 2.05) is 18.2 Å². The highest BCUT2D eigenvalue weighted by Crippen LogP contribution is 2.26. The number of imide groups is 1. The minimum absolute atomic E-state index is 0.239. The van der Waals surface area contributed by atoms with Crippen LogP contribution >= 0.6 is 11.8 Å². The van der Waals surface area contributed by atoms with Crippen molar-refractivity contribution in [3.05, 3.63) is 70.7 Å². The van der Waals surface area contributed by atoms with Crippen LogP contribution in [0, 0.1) is 0 Å². The molecule has 0 aliphatic carbocycles. The van der Waals surface area contributed by atoms with Crippen LogP contribution < -0.4 is 16.4 Å². The number of para-hydroxylation sites is 2. The van der Waals surface area contributed by atoms with Crippen LogP contribution in [0.25, 0.3) is 11.1 Å². The standard InChI is InChI=1S/C29H33F3N4O5S/c30-29(31,32)25(37)19-42-16-6-9-22(33-13-15-35-14-12-21(17-35)20-7-2-1-3-8-20)27(39)34-26(38)18-36-23-10-4-5-11-24(23)41-28(36)40/h1-5,7-8,10-11,21-22,33H,6,9,12-19H2,(H,34,38,39)/t21?,22-/m0/s1. The Hall–Kier alpha value is -3.42. The maximum Gasteiger partial charge on any atom is 0.450 e. The van der Waals surface area contributed by atoms with Gasteiger partial charge in [-0.2, -0.15) is 24.9 Å². The normalized spacial score (nSPS) is 16.5. The van der Waals surface area contributed by atoms with Crippen molar-refractivity contribution in [2.75, 3.05) is 37.7 Å². The number of nitrogens with zero attached hydrogens (tertiary/aromatic N) is 2. The highest BCUT2D eigenvalue weighted by atomic mass is 32.2. The zero-order valence-corrected chi connectivity index (χ0v) is 23.7. The number of carbonyl (C=O) groups excluding carboxylic acids is 3. The van der Waals surface area contributed by atoms with Gasteiger partial charge in [0.15, 0.2) is 5.58 Å². The minimum Gasteiger partial charge on any atom is -0.408 e. The van der Waals surface area contributed by atoms with E-state index in [0.717, 1.165) is 35.8 Å². The van der Waals surface area contributed by atoms with Gasteiger partial charge in [-0.15, -0.1) is 0 Å². The van der Waals surface area contributed by atoms with Gasteiger partial charge >= 0.3 is 11.9 Å². The molecule has 1 fully saturated rings. The van der Waals surface area contributed by atoms with Gasteiger partial charge in [-0.1, -0.05) is 42.5 Å². The predicted octanol–water partition coefficient (Wildman–Crippen LogP) is 3.33. The Morgan fingerprint density at radius 3 is 2.57 bits per heavy atom. The number of ketones is 1. The van der Waals surface area contributed by atoms with Gasteiger partial charge < -0.3 is 14.6 Å². The van der Waals surface area contributed by atoms with E-state index < -0.39 is 47.9 Å². The molecule has 2 aromatic carbocycles. The Kier molecular flexibility index (Phi) is 11.0. The lowest BCUT2D eigenvalue weighted by molar-refractivity contribution is -0.167. The average molecular weight is 607 g/mol. The highest BCUT2D eigenvalue weighted by Gasteiger charge is 2.37. The number of Topliss-reactive ketones (excluding diaryl/α,β-unsaturated/α-hetero) is 1. The summed E-state index contributed by atoms with van der Waals surface area (Å²) in [5.74, 6) is -3.83. The van der Waals surface area contributed by atoms with Crippen molar-refractivity contribution in [2.24, 2.45) is 0 Å². The number of aromatic nitrogens is 1. The molecule has 2 N–H and O–H groups in total. The second-order valence-corrected chi connectivity index (χ2v) is 11.3. The summed E-state index contributed by atoms with van der Waals surface area (Å²) in [4.78, 5) is 51.4. The molecule has 0 spiro atoms. The van der Waals surface area contributed by atoms with Crippen LogP contribution in [0.5, 0.6) is 0 Å².